The molecule has 1 aromatic carbocycles. The summed E-state index contributed by atoms with van der Waals surface area (Å²) in [5, 5.41) is 22.2. The van der Waals surface area contributed by atoms with Crippen LogP contribution < -0.4 is 0 Å². The molecule has 0 fully saturated rings. The van der Waals surface area contributed by atoms with Crippen molar-refractivity contribution in [1.82, 2.24) is 0 Å². The summed E-state index contributed by atoms with van der Waals surface area (Å²) in [5.41, 5.74) is 8.23. The fourth-order valence-corrected chi connectivity index (χ4v) is 1.45. The number of hydrogen-bond donors (Lipinski definition) is 2. The molecule has 0 bridgehead atoms. The summed E-state index contributed by atoms with van der Waals surface area (Å²) in [7, 11) is 0. The van der Waals surface area contributed by atoms with E-state index >= 15 is 0 Å². The Morgan fingerprint density at radius 2 is 2.19 bits per heavy atom. The summed E-state index contributed by atoms with van der Waals surface area (Å²) in [6.45, 7) is -0.286. The first-order chi connectivity index (χ1) is 7.56. The standard InChI is InChI=1S/C9H9ClFN3O2/c10-7-3-5(11)1-2-6(7)9(16)8(15)4-13-14-12/h1-3,8-9,15-16H,4H2. The van der Waals surface area contributed by atoms with E-state index in [1.165, 1.54) is 6.07 Å². The molecule has 0 aliphatic rings. The van der Waals surface area contributed by atoms with Gasteiger partial charge in [-0.1, -0.05) is 22.8 Å². The molecule has 1 rings (SSSR count). The lowest BCUT2D eigenvalue weighted by atomic mass is 10.0. The molecule has 0 saturated carbocycles. The van der Waals surface area contributed by atoms with Crippen molar-refractivity contribution in [1.29, 1.82) is 0 Å². The van der Waals surface area contributed by atoms with Crippen molar-refractivity contribution in [3.8, 4) is 0 Å². The van der Waals surface area contributed by atoms with Crippen molar-refractivity contribution >= 4 is 11.6 Å². The fraction of sp³-hybridized carbons (Fsp3) is 0.333. The number of hydrogen-bond acceptors (Lipinski definition) is 3. The molecule has 0 aliphatic heterocycles. The number of nitrogens with zero attached hydrogens (tertiary/aromatic N) is 3. The molecule has 1 aromatic rings. The zero-order valence-electron chi connectivity index (χ0n) is 8.09. The van der Waals surface area contributed by atoms with Crippen LogP contribution in [-0.4, -0.2) is 22.9 Å². The smallest absolute Gasteiger partial charge is 0.124 e. The summed E-state index contributed by atoms with van der Waals surface area (Å²) in [6, 6.07) is 3.41. The Kier molecular flexibility index (Phi) is 4.52. The maximum atomic E-state index is 12.7. The fourth-order valence-electron chi connectivity index (χ4n) is 1.17. The van der Waals surface area contributed by atoms with Gasteiger partial charge in [0.15, 0.2) is 0 Å². The van der Waals surface area contributed by atoms with Gasteiger partial charge in [0.2, 0.25) is 0 Å². The summed E-state index contributed by atoms with van der Waals surface area (Å²) in [5.74, 6) is -0.537. The highest BCUT2D eigenvalue weighted by Gasteiger charge is 2.20. The van der Waals surface area contributed by atoms with Crippen LogP contribution in [0.1, 0.15) is 11.7 Å². The third-order valence-electron chi connectivity index (χ3n) is 1.98. The highest BCUT2D eigenvalue weighted by Crippen LogP contribution is 2.26. The normalized spacial score (nSPS) is 14.0. The third-order valence-corrected chi connectivity index (χ3v) is 2.30. The molecule has 0 aromatic heterocycles. The summed E-state index contributed by atoms with van der Waals surface area (Å²) in [4.78, 5) is 2.45. The summed E-state index contributed by atoms with van der Waals surface area (Å²) >= 11 is 5.69. The molecule has 0 aliphatic carbocycles. The van der Waals surface area contributed by atoms with Gasteiger partial charge in [0.1, 0.15) is 11.9 Å². The maximum absolute atomic E-state index is 12.7. The number of aliphatic hydroxyl groups is 2. The lowest BCUT2D eigenvalue weighted by Crippen LogP contribution is -2.21. The van der Waals surface area contributed by atoms with Crippen molar-refractivity contribution in [2.45, 2.75) is 12.2 Å². The van der Waals surface area contributed by atoms with Gasteiger partial charge < -0.3 is 10.2 Å². The van der Waals surface area contributed by atoms with Crippen LogP contribution in [0.3, 0.4) is 0 Å². The van der Waals surface area contributed by atoms with Gasteiger partial charge in [0.25, 0.3) is 0 Å². The van der Waals surface area contributed by atoms with Crippen molar-refractivity contribution < 1.29 is 14.6 Å². The van der Waals surface area contributed by atoms with Gasteiger partial charge in [-0.2, -0.15) is 0 Å². The van der Waals surface area contributed by atoms with E-state index in [1.807, 2.05) is 0 Å². The average Bonchev–Trinajstić information content (AvgIpc) is 2.25. The lowest BCUT2D eigenvalue weighted by molar-refractivity contribution is 0.0244. The Morgan fingerprint density at radius 1 is 1.50 bits per heavy atom. The highest BCUT2D eigenvalue weighted by molar-refractivity contribution is 6.31. The minimum atomic E-state index is -1.32. The van der Waals surface area contributed by atoms with E-state index in [1.54, 1.807) is 0 Å². The second-order valence-corrected chi connectivity index (χ2v) is 3.50. The quantitative estimate of drug-likeness (QED) is 0.484. The zero-order valence-corrected chi connectivity index (χ0v) is 8.84. The first-order valence-corrected chi connectivity index (χ1v) is 4.76. The topological polar surface area (TPSA) is 89.2 Å². The van der Waals surface area contributed by atoms with Gasteiger partial charge in [0.05, 0.1) is 12.6 Å². The average molecular weight is 246 g/mol. The van der Waals surface area contributed by atoms with E-state index in [-0.39, 0.29) is 17.1 Å². The number of azide groups is 1. The second-order valence-electron chi connectivity index (χ2n) is 3.09. The molecule has 86 valence electrons. The van der Waals surface area contributed by atoms with Crippen LogP contribution >= 0.6 is 11.6 Å². The minimum absolute atomic E-state index is 0.00693. The monoisotopic (exact) mass is 245 g/mol. The Labute approximate surface area is 95.7 Å². The summed E-state index contributed by atoms with van der Waals surface area (Å²) in [6.07, 6.45) is -2.60. The molecule has 0 radical (unpaired) electrons. The molecule has 2 atom stereocenters. The second kappa shape index (κ2) is 5.67. The molecule has 0 heterocycles. The van der Waals surface area contributed by atoms with Gasteiger partial charge in [-0.05, 0) is 17.7 Å². The van der Waals surface area contributed by atoms with Crippen molar-refractivity contribution in [2.24, 2.45) is 5.11 Å². The molecule has 7 heteroatoms. The molecular weight excluding hydrogens is 237 g/mol. The van der Waals surface area contributed by atoms with E-state index in [9.17, 15) is 14.6 Å². The summed E-state index contributed by atoms with van der Waals surface area (Å²) < 4.78 is 12.7. The van der Waals surface area contributed by atoms with E-state index in [2.05, 4.69) is 10.0 Å². The first-order valence-electron chi connectivity index (χ1n) is 4.38. The van der Waals surface area contributed by atoms with Crippen molar-refractivity contribution in [3.05, 3.63) is 45.0 Å². The van der Waals surface area contributed by atoms with Crippen LogP contribution in [-0.2, 0) is 0 Å². The van der Waals surface area contributed by atoms with Gasteiger partial charge >= 0.3 is 0 Å². The molecule has 5 nitrogen and oxygen atoms in total. The van der Waals surface area contributed by atoms with Crippen molar-refractivity contribution in [2.75, 3.05) is 6.54 Å². The minimum Gasteiger partial charge on any atom is -0.390 e. The van der Waals surface area contributed by atoms with E-state index in [0.29, 0.717) is 0 Å². The van der Waals surface area contributed by atoms with E-state index in [4.69, 9.17) is 17.1 Å². The number of halogens is 2. The number of benzene rings is 1. The molecule has 2 N–H and O–H groups in total. The van der Waals surface area contributed by atoms with Gasteiger partial charge in [-0.25, -0.2) is 4.39 Å². The van der Waals surface area contributed by atoms with Crippen LogP contribution in [0.5, 0.6) is 0 Å². The number of rotatable bonds is 4. The molecule has 2 unspecified atom stereocenters. The van der Waals surface area contributed by atoms with Gasteiger partial charge in [-0.15, -0.1) is 0 Å². The highest BCUT2D eigenvalue weighted by atomic mass is 35.5. The molecule has 16 heavy (non-hydrogen) atoms. The van der Waals surface area contributed by atoms with Crippen LogP contribution in [0.2, 0.25) is 5.02 Å². The van der Waals surface area contributed by atoms with E-state index in [0.717, 1.165) is 12.1 Å². The van der Waals surface area contributed by atoms with Gasteiger partial charge in [-0.3, -0.25) is 0 Å². The Hall–Kier alpha value is -1.33. The van der Waals surface area contributed by atoms with E-state index < -0.39 is 18.0 Å². The Balaban J connectivity index is 2.86. The molecule has 0 spiro atoms. The predicted molar refractivity (Wildman–Crippen MR) is 56.4 cm³/mol. The molecule has 0 amide bonds. The maximum Gasteiger partial charge on any atom is 0.124 e. The predicted octanol–water partition coefficient (Wildman–Crippen LogP) is 2.18. The third kappa shape index (κ3) is 3.08. The van der Waals surface area contributed by atoms with Gasteiger partial charge in [0, 0.05) is 15.5 Å². The van der Waals surface area contributed by atoms with Crippen LogP contribution in [0.25, 0.3) is 10.4 Å². The Morgan fingerprint density at radius 3 is 2.75 bits per heavy atom. The largest absolute Gasteiger partial charge is 0.390 e. The van der Waals surface area contributed by atoms with Crippen molar-refractivity contribution in [3.63, 3.8) is 0 Å². The molecular formula is C9H9ClFN3O2. The zero-order chi connectivity index (χ0) is 12.1. The number of aliphatic hydroxyl groups excluding tert-OH is 2. The lowest BCUT2D eigenvalue weighted by Gasteiger charge is -2.17. The van der Waals surface area contributed by atoms with Crippen LogP contribution in [0.15, 0.2) is 23.3 Å². The Bertz CT molecular complexity index is 423. The van der Waals surface area contributed by atoms with Crippen LogP contribution in [0.4, 0.5) is 4.39 Å². The SMILES string of the molecule is [N-]=[N+]=NCC(O)C(O)c1ccc(F)cc1Cl. The first kappa shape index (κ1) is 12.7. The molecule has 0 saturated heterocycles. The van der Waals surface area contributed by atoms with Crippen LogP contribution in [0, 0.1) is 5.82 Å².